The van der Waals surface area contributed by atoms with Gasteiger partial charge in [-0.3, -0.25) is 9.59 Å². The summed E-state index contributed by atoms with van der Waals surface area (Å²) in [6.45, 7) is 5.48. The van der Waals surface area contributed by atoms with Gasteiger partial charge in [-0.05, 0) is 31.9 Å². The molecule has 4 nitrogen and oxygen atoms in total. The number of ether oxygens (including phenoxy) is 1. The van der Waals surface area contributed by atoms with Crippen molar-refractivity contribution in [3.8, 4) is 0 Å². The van der Waals surface area contributed by atoms with Gasteiger partial charge in [0, 0.05) is 36.6 Å². The van der Waals surface area contributed by atoms with Gasteiger partial charge in [-0.15, -0.1) is 0 Å². The van der Waals surface area contributed by atoms with Crippen LogP contribution >= 0.6 is 0 Å². The van der Waals surface area contributed by atoms with Gasteiger partial charge in [-0.1, -0.05) is 17.7 Å². The highest BCUT2D eigenvalue weighted by Crippen LogP contribution is 2.51. The van der Waals surface area contributed by atoms with Gasteiger partial charge in [-0.2, -0.15) is 0 Å². The SMILES string of the molecule is C/C=C1\[C@H]2C=C(C)C[C@]1(OC(C)=O)c1ccc(=O)[nH]c1C2. The first-order valence-electron chi connectivity index (χ1n) is 7.22. The van der Waals surface area contributed by atoms with E-state index >= 15 is 0 Å². The van der Waals surface area contributed by atoms with Gasteiger partial charge in [0.1, 0.15) is 0 Å². The van der Waals surface area contributed by atoms with Crippen molar-refractivity contribution >= 4 is 5.97 Å². The summed E-state index contributed by atoms with van der Waals surface area (Å²) in [6.07, 6.45) is 5.64. The van der Waals surface area contributed by atoms with Crippen molar-refractivity contribution in [3.05, 3.63) is 57.0 Å². The lowest BCUT2D eigenvalue weighted by atomic mass is 9.65. The van der Waals surface area contributed by atoms with Gasteiger partial charge in [-0.25, -0.2) is 0 Å². The Morgan fingerprint density at radius 1 is 1.48 bits per heavy atom. The number of hydrogen-bond donors (Lipinski definition) is 1. The molecule has 0 radical (unpaired) electrons. The average molecular weight is 285 g/mol. The molecule has 21 heavy (non-hydrogen) atoms. The zero-order valence-corrected chi connectivity index (χ0v) is 12.5. The van der Waals surface area contributed by atoms with Crippen LogP contribution < -0.4 is 5.56 Å². The number of allylic oxidation sites excluding steroid dienone is 2. The quantitative estimate of drug-likeness (QED) is 0.637. The predicted molar refractivity (Wildman–Crippen MR) is 79.8 cm³/mol. The van der Waals surface area contributed by atoms with E-state index in [1.807, 2.05) is 13.0 Å². The highest BCUT2D eigenvalue weighted by molar-refractivity contribution is 5.68. The summed E-state index contributed by atoms with van der Waals surface area (Å²) in [5, 5.41) is 0. The standard InChI is InChI=1S/C17H19NO3/c1-4-13-12-7-10(2)9-17(13,21-11(3)19)14-5-6-16(20)18-15(14)8-12/h4-7,12H,8-9H2,1-3H3,(H,18,20)/b13-4+/t12-,17+/m0/s1. The Kier molecular flexibility index (Phi) is 3.12. The van der Waals surface area contributed by atoms with E-state index in [-0.39, 0.29) is 17.4 Å². The van der Waals surface area contributed by atoms with Crippen LogP contribution in [0.5, 0.6) is 0 Å². The largest absolute Gasteiger partial charge is 0.449 e. The summed E-state index contributed by atoms with van der Waals surface area (Å²) in [5.41, 5.74) is 3.24. The minimum atomic E-state index is -0.762. The van der Waals surface area contributed by atoms with E-state index in [9.17, 15) is 9.59 Å². The van der Waals surface area contributed by atoms with Crippen LogP contribution in [0.1, 0.15) is 38.4 Å². The Bertz CT molecular complexity index is 726. The van der Waals surface area contributed by atoms with Crippen molar-refractivity contribution in [1.29, 1.82) is 0 Å². The van der Waals surface area contributed by atoms with Gasteiger partial charge in [0.25, 0.3) is 0 Å². The number of nitrogens with one attached hydrogen (secondary N) is 1. The second-order valence-electron chi connectivity index (χ2n) is 5.88. The molecule has 0 saturated heterocycles. The third kappa shape index (κ3) is 2.06. The van der Waals surface area contributed by atoms with Crippen LogP contribution in [0.4, 0.5) is 0 Å². The van der Waals surface area contributed by atoms with Gasteiger partial charge in [0.2, 0.25) is 5.56 Å². The van der Waals surface area contributed by atoms with E-state index in [2.05, 4.69) is 18.0 Å². The van der Waals surface area contributed by atoms with Crippen molar-refractivity contribution < 1.29 is 9.53 Å². The molecule has 0 spiro atoms. The Hall–Kier alpha value is -2.10. The summed E-state index contributed by atoms with van der Waals surface area (Å²) in [7, 11) is 0. The molecule has 0 saturated carbocycles. The first kappa shape index (κ1) is 13.9. The van der Waals surface area contributed by atoms with Crippen molar-refractivity contribution in [2.75, 3.05) is 0 Å². The smallest absolute Gasteiger partial charge is 0.303 e. The number of pyridine rings is 1. The van der Waals surface area contributed by atoms with Crippen molar-refractivity contribution in [1.82, 2.24) is 4.98 Å². The molecular formula is C17H19NO3. The molecule has 0 unspecified atom stereocenters. The lowest BCUT2D eigenvalue weighted by Crippen LogP contribution is -2.44. The Balaban J connectivity index is 2.29. The van der Waals surface area contributed by atoms with Gasteiger partial charge in [0.05, 0.1) is 0 Å². The maximum absolute atomic E-state index is 11.7. The van der Waals surface area contributed by atoms with Crippen molar-refractivity contribution in [3.63, 3.8) is 0 Å². The zero-order valence-electron chi connectivity index (χ0n) is 12.5. The number of carbonyl (C=O) groups is 1. The Morgan fingerprint density at radius 3 is 2.90 bits per heavy atom. The molecule has 0 aliphatic heterocycles. The zero-order chi connectivity index (χ0) is 15.2. The first-order chi connectivity index (χ1) is 9.96. The second-order valence-corrected chi connectivity index (χ2v) is 5.88. The lowest BCUT2D eigenvalue weighted by Gasteiger charge is -2.46. The molecule has 110 valence electrons. The number of rotatable bonds is 1. The molecule has 0 amide bonds. The van der Waals surface area contributed by atoms with Crippen LogP contribution in [0.15, 0.2) is 40.2 Å². The number of hydrogen-bond acceptors (Lipinski definition) is 3. The molecule has 2 aliphatic rings. The molecule has 3 rings (SSSR count). The normalized spacial score (nSPS) is 28.8. The summed E-state index contributed by atoms with van der Waals surface area (Å²) < 4.78 is 5.82. The van der Waals surface area contributed by atoms with E-state index in [4.69, 9.17) is 4.74 Å². The third-order valence-corrected chi connectivity index (χ3v) is 4.37. The number of fused-ring (bicyclic) bond motifs is 4. The van der Waals surface area contributed by atoms with Crippen LogP contribution in [0.3, 0.4) is 0 Å². The lowest BCUT2D eigenvalue weighted by molar-refractivity contribution is -0.155. The van der Waals surface area contributed by atoms with Crippen LogP contribution in [0, 0.1) is 5.92 Å². The van der Waals surface area contributed by atoms with Crippen LogP contribution in [0.2, 0.25) is 0 Å². The molecular weight excluding hydrogens is 266 g/mol. The monoisotopic (exact) mass is 285 g/mol. The maximum atomic E-state index is 11.7. The van der Waals surface area contributed by atoms with Gasteiger partial charge < -0.3 is 9.72 Å². The maximum Gasteiger partial charge on any atom is 0.303 e. The van der Waals surface area contributed by atoms with E-state index in [1.54, 1.807) is 6.07 Å². The molecule has 1 N–H and O–H groups in total. The Labute approximate surface area is 123 Å². The summed E-state index contributed by atoms with van der Waals surface area (Å²) in [5.74, 6) is -0.129. The van der Waals surface area contributed by atoms with Gasteiger partial charge in [0.15, 0.2) is 5.60 Å². The van der Waals surface area contributed by atoms with E-state index in [0.29, 0.717) is 6.42 Å². The molecule has 1 aromatic rings. The minimum absolute atomic E-state index is 0.116. The average Bonchev–Trinajstić information content (AvgIpc) is 2.36. The minimum Gasteiger partial charge on any atom is -0.449 e. The fourth-order valence-corrected chi connectivity index (χ4v) is 3.83. The van der Waals surface area contributed by atoms with E-state index in [0.717, 1.165) is 23.3 Å². The highest BCUT2D eigenvalue weighted by Gasteiger charge is 2.49. The summed E-state index contributed by atoms with van der Waals surface area (Å²) in [4.78, 5) is 26.2. The number of carbonyl (C=O) groups excluding carboxylic acids is 1. The topological polar surface area (TPSA) is 59.2 Å². The fraction of sp³-hybridized carbons (Fsp3) is 0.412. The molecule has 2 atom stereocenters. The van der Waals surface area contributed by atoms with Crippen LogP contribution in [-0.2, 0) is 21.6 Å². The Morgan fingerprint density at radius 2 is 2.24 bits per heavy atom. The highest BCUT2D eigenvalue weighted by atomic mass is 16.6. The van der Waals surface area contributed by atoms with Gasteiger partial charge >= 0.3 is 5.97 Å². The molecule has 0 fully saturated rings. The molecule has 2 aliphatic carbocycles. The van der Waals surface area contributed by atoms with E-state index in [1.165, 1.54) is 18.6 Å². The number of H-pyrrole nitrogens is 1. The van der Waals surface area contributed by atoms with Crippen LogP contribution in [0.25, 0.3) is 0 Å². The molecule has 1 heterocycles. The molecule has 4 heteroatoms. The second kappa shape index (κ2) is 4.72. The summed E-state index contributed by atoms with van der Waals surface area (Å²) in [6, 6.07) is 3.31. The third-order valence-electron chi connectivity index (χ3n) is 4.37. The number of aromatic nitrogens is 1. The first-order valence-corrected chi connectivity index (χ1v) is 7.22. The van der Waals surface area contributed by atoms with Crippen LogP contribution in [-0.4, -0.2) is 11.0 Å². The fourth-order valence-electron chi connectivity index (χ4n) is 3.83. The molecule has 1 aromatic heterocycles. The van der Waals surface area contributed by atoms with E-state index < -0.39 is 5.60 Å². The molecule has 0 aromatic carbocycles. The summed E-state index contributed by atoms with van der Waals surface area (Å²) >= 11 is 0. The predicted octanol–water partition coefficient (Wildman–Crippen LogP) is 2.60. The van der Waals surface area contributed by atoms with Crippen molar-refractivity contribution in [2.45, 2.75) is 39.2 Å². The number of esters is 1. The molecule has 2 bridgehead atoms. The van der Waals surface area contributed by atoms with Crippen molar-refractivity contribution in [2.24, 2.45) is 5.92 Å². The number of aromatic amines is 1.